The van der Waals surface area contributed by atoms with E-state index in [4.69, 9.17) is 0 Å². The first-order valence-corrected chi connectivity index (χ1v) is 14.3. The number of aromatic amines is 1. The average molecular weight is 586 g/mol. The number of hydrogen-bond donors (Lipinski definition) is 1. The number of halogens is 2. The number of aromatic nitrogens is 2. The van der Waals surface area contributed by atoms with Gasteiger partial charge in [0.05, 0.1) is 22.6 Å². The van der Waals surface area contributed by atoms with Crippen LogP contribution >= 0.6 is 11.9 Å². The number of rotatable bonds is 11. The molecule has 1 N–H and O–H groups in total. The average Bonchev–Trinajstić information content (AvgIpc) is 3.48. The number of pyridine rings is 1. The molecule has 0 spiro atoms. The highest BCUT2D eigenvalue weighted by Gasteiger charge is 2.15. The minimum absolute atomic E-state index is 0.295. The second kappa shape index (κ2) is 15.5. The summed E-state index contributed by atoms with van der Waals surface area (Å²) in [5.74, 6) is -0.628. The maximum atomic E-state index is 14.2. The summed E-state index contributed by atoms with van der Waals surface area (Å²) in [7, 11) is 1.80. The molecule has 0 aliphatic carbocycles. The third-order valence-corrected chi connectivity index (χ3v) is 7.37. The van der Waals surface area contributed by atoms with Gasteiger partial charge in [-0.05, 0) is 91.1 Å². The Morgan fingerprint density at radius 3 is 2.31 bits per heavy atom. The van der Waals surface area contributed by atoms with Crippen LogP contribution in [0.5, 0.6) is 0 Å². The molecule has 218 valence electrons. The number of hydrazine groups is 1. The van der Waals surface area contributed by atoms with Gasteiger partial charge in [0.25, 0.3) is 0 Å². The Labute approximate surface area is 251 Å². The van der Waals surface area contributed by atoms with Crippen molar-refractivity contribution < 1.29 is 8.78 Å². The van der Waals surface area contributed by atoms with Crippen molar-refractivity contribution >= 4 is 39.9 Å². The van der Waals surface area contributed by atoms with Gasteiger partial charge in [0.15, 0.2) is 0 Å². The summed E-state index contributed by atoms with van der Waals surface area (Å²) in [6, 6.07) is 15.1. The zero-order valence-electron chi connectivity index (χ0n) is 24.6. The molecule has 0 radical (unpaired) electrons. The van der Waals surface area contributed by atoms with Crippen molar-refractivity contribution in [2.75, 3.05) is 16.5 Å². The van der Waals surface area contributed by atoms with Crippen LogP contribution in [0.3, 0.4) is 0 Å². The van der Waals surface area contributed by atoms with Crippen molar-refractivity contribution in [1.82, 2.24) is 9.97 Å². The SMILES string of the molecule is C=CC(C=C)=C(CCC)C(=C)N=CSN(c1ccc(F)cc1)N(C)c1ccc(C)c(F)c1.Cc1ccnc2[nH]ccc12. The van der Waals surface area contributed by atoms with Crippen molar-refractivity contribution in [3.05, 3.63) is 138 Å². The standard InChI is InChI=1S/C26H29F2N3S.C8H8N2/c1-7-10-25(21(8-2)9-3)20(5)29-18-32-31(23-15-12-22(27)13-16-23)30(6)24-14-11-19(4)26(28)17-24;1-6-2-4-9-8-7(6)3-5-10-8/h8-9,11-18H,2-3,5,7,10H2,1,4,6H3;2-5H,1H3,(H,9,10). The molecule has 5 nitrogen and oxygen atoms in total. The van der Waals surface area contributed by atoms with E-state index < -0.39 is 0 Å². The number of nitrogens with one attached hydrogen (secondary N) is 1. The van der Waals surface area contributed by atoms with Gasteiger partial charge in [0.1, 0.15) is 17.3 Å². The van der Waals surface area contributed by atoms with Crippen LogP contribution in [0.2, 0.25) is 0 Å². The van der Waals surface area contributed by atoms with Gasteiger partial charge in [-0.25, -0.2) is 23.2 Å². The van der Waals surface area contributed by atoms with E-state index in [1.54, 1.807) is 59.3 Å². The molecule has 42 heavy (non-hydrogen) atoms. The van der Waals surface area contributed by atoms with Gasteiger partial charge in [0.2, 0.25) is 0 Å². The summed E-state index contributed by atoms with van der Waals surface area (Å²) in [5.41, 5.74) is 8.33. The van der Waals surface area contributed by atoms with E-state index in [1.165, 1.54) is 41.1 Å². The molecule has 0 atom stereocenters. The Bertz CT molecular complexity index is 1580. The fourth-order valence-electron chi connectivity index (χ4n) is 4.11. The molecule has 2 aromatic carbocycles. The molecular formula is C34H37F2N5S. The van der Waals surface area contributed by atoms with Crippen molar-refractivity contribution in [3.63, 3.8) is 0 Å². The van der Waals surface area contributed by atoms with Crippen LogP contribution in [-0.4, -0.2) is 22.6 Å². The maximum absolute atomic E-state index is 14.2. The molecule has 2 aromatic heterocycles. The van der Waals surface area contributed by atoms with E-state index in [1.807, 2.05) is 30.6 Å². The normalized spacial score (nSPS) is 10.6. The van der Waals surface area contributed by atoms with Crippen molar-refractivity contribution in [1.29, 1.82) is 0 Å². The minimum Gasteiger partial charge on any atom is -0.346 e. The highest BCUT2D eigenvalue weighted by Crippen LogP contribution is 2.29. The van der Waals surface area contributed by atoms with Crippen molar-refractivity contribution in [2.24, 2.45) is 4.99 Å². The van der Waals surface area contributed by atoms with Crippen LogP contribution < -0.4 is 9.42 Å². The Kier molecular flexibility index (Phi) is 11.9. The smallest absolute Gasteiger partial charge is 0.137 e. The molecule has 4 aromatic rings. The van der Waals surface area contributed by atoms with Crippen LogP contribution in [0, 0.1) is 25.5 Å². The van der Waals surface area contributed by atoms with E-state index in [-0.39, 0.29) is 11.6 Å². The summed E-state index contributed by atoms with van der Waals surface area (Å²) >= 11 is 1.27. The van der Waals surface area contributed by atoms with E-state index in [2.05, 4.69) is 48.5 Å². The maximum Gasteiger partial charge on any atom is 0.137 e. The number of fused-ring (bicyclic) bond motifs is 1. The second-order valence-electron chi connectivity index (χ2n) is 9.45. The Morgan fingerprint density at radius 2 is 1.69 bits per heavy atom. The molecule has 4 rings (SSSR count). The number of allylic oxidation sites excluding steroid dienone is 4. The van der Waals surface area contributed by atoms with Crippen molar-refractivity contribution in [3.8, 4) is 0 Å². The molecule has 0 fully saturated rings. The highest BCUT2D eigenvalue weighted by atomic mass is 32.2. The molecule has 0 bridgehead atoms. The van der Waals surface area contributed by atoms with Gasteiger partial charge in [-0.1, -0.05) is 51.3 Å². The summed E-state index contributed by atoms with van der Waals surface area (Å²) in [5, 5.41) is 2.99. The third-order valence-electron chi connectivity index (χ3n) is 6.52. The predicted molar refractivity (Wildman–Crippen MR) is 177 cm³/mol. The molecule has 0 saturated heterocycles. The quantitative estimate of drug-likeness (QED) is 0.0626. The molecule has 0 unspecified atom stereocenters. The summed E-state index contributed by atoms with van der Waals surface area (Å²) < 4.78 is 29.4. The lowest BCUT2D eigenvalue weighted by molar-refractivity contribution is 0.618. The van der Waals surface area contributed by atoms with E-state index in [9.17, 15) is 8.78 Å². The molecule has 0 aliphatic rings. The largest absolute Gasteiger partial charge is 0.346 e. The number of hydrogen-bond acceptors (Lipinski definition) is 5. The Balaban J connectivity index is 0.000000401. The van der Waals surface area contributed by atoms with E-state index in [0.29, 0.717) is 22.6 Å². The van der Waals surface area contributed by atoms with Crippen LogP contribution in [-0.2, 0) is 0 Å². The van der Waals surface area contributed by atoms with Gasteiger partial charge in [0, 0.05) is 36.8 Å². The zero-order valence-corrected chi connectivity index (χ0v) is 25.4. The summed E-state index contributed by atoms with van der Waals surface area (Å²) in [4.78, 5) is 11.7. The highest BCUT2D eigenvalue weighted by molar-refractivity contribution is 8.13. The molecule has 0 saturated carbocycles. The zero-order chi connectivity index (χ0) is 30.6. The number of nitrogens with zero attached hydrogens (tertiary/aromatic N) is 4. The first-order chi connectivity index (χ1) is 20.2. The number of H-pyrrole nitrogens is 1. The van der Waals surface area contributed by atoms with Gasteiger partial charge >= 0.3 is 0 Å². The van der Waals surface area contributed by atoms with Gasteiger partial charge < -0.3 is 4.98 Å². The number of anilines is 2. The lowest BCUT2D eigenvalue weighted by Crippen LogP contribution is -2.34. The predicted octanol–water partition coefficient (Wildman–Crippen LogP) is 9.66. The third kappa shape index (κ3) is 8.30. The van der Waals surface area contributed by atoms with Crippen LogP contribution in [0.25, 0.3) is 11.0 Å². The first-order valence-electron chi connectivity index (χ1n) is 13.5. The van der Waals surface area contributed by atoms with E-state index in [0.717, 1.165) is 29.6 Å². The lowest BCUT2D eigenvalue weighted by Gasteiger charge is -2.33. The van der Waals surface area contributed by atoms with Gasteiger partial charge in [-0.2, -0.15) is 0 Å². The summed E-state index contributed by atoms with van der Waals surface area (Å²) in [6.45, 7) is 17.7. The molecule has 8 heteroatoms. The van der Waals surface area contributed by atoms with Crippen LogP contribution in [0.15, 0.2) is 121 Å². The fraction of sp³-hybridized carbons (Fsp3) is 0.176. The minimum atomic E-state index is -0.333. The van der Waals surface area contributed by atoms with Gasteiger partial charge in [-0.15, -0.1) is 0 Å². The number of aryl methyl sites for hydroxylation is 2. The van der Waals surface area contributed by atoms with Gasteiger partial charge in [-0.3, -0.25) is 5.01 Å². The van der Waals surface area contributed by atoms with E-state index >= 15 is 0 Å². The fourth-order valence-corrected chi connectivity index (χ4v) is 4.85. The molecule has 0 aliphatic heterocycles. The number of benzene rings is 2. The Morgan fingerprint density at radius 1 is 1.00 bits per heavy atom. The second-order valence-corrected chi connectivity index (χ2v) is 10.2. The van der Waals surface area contributed by atoms with Crippen LogP contribution in [0.1, 0.15) is 30.9 Å². The molecular weight excluding hydrogens is 548 g/mol. The first kappa shape index (κ1) is 32.1. The topological polar surface area (TPSA) is 47.5 Å². The lowest BCUT2D eigenvalue weighted by atomic mass is 10.0. The molecule has 0 amide bonds. The van der Waals surface area contributed by atoms with Crippen LogP contribution in [0.4, 0.5) is 20.2 Å². The number of aliphatic imine (C=N–C) groups is 1. The molecule has 2 heterocycles. The van der Waals surface area contributed by atoms with Crippen molar-refractivity contribution in [2.45, 2.75) is 33.6 Å². The monoisotopic (exact) mass is 585 g/mol. The Hall–Kier alpha value is -4.43. The summed E-state index contributed by atoms with van der Waals surface area (Å²) in [6.07, 6.45) is 8.95.